The van der Waals surface area contributed by atoms with Crippen molar-refractivity contribution in [2.45, 2.75) is 0 Å². The monoisotopic (exact) mass is 1210 g/mol. The van der Waals surface area contributed by atoms with Gasteiger partial charge in [0.15, 0.2) is 74.4 Å². The Morgan fingerprint density at radius 3 is 0.622 bits per heavy atom. The normalized spacial score (nSPS) is 11.2. The number of hydrogen-bond donors (Lipinski definition) is 6. The first kappa shape index (κ1) is 63.0. The van der Waals surface area contributed by atoms with Crippen LogP contribution >= 0.6 is 0 Å². The highest BCUT2D eigenvalue weighted by molar-refractivity contribution is 6.23. The third-order valence-electron chi connectivity index (χ3n) is 16.0. The van der Waals surface area contributed by atoms with Crippen LogP contribution in [0.3, 0.4) is 0 Å². The Kier molecular flexibility index (Phi) is 20.5. The van der Waals surface area contributed by atoms with Gasteiger partial charge < -0.3 is 45.3 Å². The molecule has 3 amide bonds. The summed E-state index contributed by atoms with van der Waals surface area (Å²) in [5.41, 5.74) is 9.21. The summed E-state index contributed by atoms with van der Waals surface area (Å²) in [6.07, 6.45) is 23.5. The van der Waals surface area contributed by atoms with Gasteiger partial charge in [0.1, 0.15) is 21.1 Å². The van der Waals surface area contributed by atoms with Gasteiger partial charge in [0.2, 0.25) is 17.1 Å². The molecule has 10 rings (SSSR count). The molecule has 0 unspecified atom stereocenters. The smallest absolute Gasteiger partial charge is 0.255 e. The van der Waals surface area contributed by atoms with Crippen LogP contribution in [0.4, 0.5) is 0 Å². The van der Waals surface area contributed by atoms with Gasteiger partial charge in [-0.25, -0.2) is 13.7 Å². The molecule has 18 nitrogen and oxygen atoms in total. The van der Waals surface area contributed by atoms with Crippen LogP contribution in [-0.2, 0) is 21.1 Å². The summed E-state index contributed by atoms with van der Waals surface area (Å²) in [6, 6.07) is 46.1. The second kappa shape index (κ2) is 29.3. The van der Waals surface area contributed by atoms with Crippen LogP contribution in [0.25, 0.3) is 83.8 Å². The molecule has 18 heteroatoms. The van der Waals surface area contributed by atoms with Gasteiger partial charge >= 0.3 is 0 Å². The zero-order valence-electron chi connectivity index (χ0n) is 50.7. The lowest BCUT2D eigenvalue weighted by Crippen LogP contribution is -2.40. The molecule has 0 radical (unpaired) electrons. The maximum atomic E-state index is 16.3. The van der Waals surface area contributed by atoms with Crippen LogP contribution < -0.4 is 27.4 Å². The number of aliphatic hydroxyl groups excluding tert-OH is 6. The molecule has 0 saturated heterocycles. The average molecular weight is 1210 g/mol. The number of nitrogens with zero attached hydrogens (tertiary/aromatic N) is 9. The van der Waals surface area contributed by atoms with Gasteiger partial charge in [0.05, 0.1) is 56.3 Å². The maximum absolute atomic E-state index is 16.3. The molecule has 4 aromatic carbocycles. The van der Waals surface area contributed by atoms with E-state index in [4.69, 9.17) is 0 Å². The summed E-state index contributed by atoms with van der Waals surface area (Å²) in [5.74, 6) is -2.22. The van der Waals surface area contributed by atoms with Crippen molar-refractivity contribution >= 4 is 17.7 Å². The molecule has 0 aliphatic heterocycles. The Morgan fingerprint density at radius 1 is 0.267 bits per heavy atom. The molecule has 0 atom stereocenters. The minimum absolute atomic E-state index is 0.0837. The van der Waals surface area contributed by atoms with E-state index in [0.717, 1.165) is 50.4 Å². The number of carbonyl (C=O) groups is 3. The number of aromatic nitrogens is 6. The van der Waals surface area contributed by atoms with Crippen LogP contribution in [0.2, 0.25) is 0 Å². The molecule has 6 N–H and O–H groups in total. The average Bonchev–Trinajstić information content (AvgIpc) is 0.732. The predicted octanol–water partition coefficient (Wildman–Crippen LogP) is 4.27. The van der Waals surface area contributed by atoms with Gasteiger partial charge in [-0.3, -0.25) is 14.4 Å². The third-order valence-corrected chi connectivity index (χ3v) is 16.0. The van der Waals surface area contributed by atoms with Crippen LogP contribution in [0.5, 0.6) is 0 Å². The molecule has 0 spiro atoms. The topological polar surface area (TPSA) is 206 Å². The van der Waals surface area contributed by atoms with Crippen molar-refractivity contribution in [2.75, 3.05) is 78.9 Å². The Bertz CT molecular complexity index is 3620. The zero-order chi connectivity index (χ0) is 63.3. The lowest BCUT2D eigenvalue weighted by molar-refractivity contribution is -0.671. The van der Waals surface area contributed by atoms with Gasteiger partial charge in [-0.15, -0.1) is 0 Å². The fraction of sp³-hybridized carbons (Fsp3) is 0.208. The second-order valence-electron chi connectivity index (χ2n) is 21.8. The SMILES string of the molecule is C[n+]1ccc(-c2cc[n+](-c3ccc(-c4c(C(=O)N(CCO)CCO)c(-c5ccc(-[n+]6ccc(-c7cc[n+](C)cc7)cc6)cc5)c(C(=O)N(CCO)CCO)c(-c5ccc(-[n+]6ccc(-c7cc[n+](C)cc7)cc6)cc5)c4C(=O)N(CCO)CCO)cc3)cc2)cc1. The highest BCUT2D eigenvalue weighted by atomic mass is 16.3. The van der Waals surface area contributed by atoms with Crippen molar-refractivity contribution in [3.63, 3.8) is 0 Å². The number of amides is 3. The van der Waals surface area contributed by atoms with E-state index in [-0.39, 0.29) is 72.6 Å². The lowest BCUT2D eigenvalue weighted by atomic mass is 9.77. The Labute approximate surface area is 523 Å². The minimum atomic E-state index is -0.740. The van der Waals surface area contributed by atoms with E-state index in [1.54, 1.807) is 36.4 Å². The fourth-order valence-electron chi connectivity index (χ4n) is 11.3. The summed E-state index contributed by atoms with van der Waals surface area (Å²) in [7, 11) is 5.87. The van der Waals surface area contributed by atoms with Gasteiger partial charge in [0.25, 0.3) is 17.7 Å². The third kappa shape index (κ3) is 13.9. The van der Waals surface area contributed by atoms with E-state index in [0.29, 0.717) is 16.7 Å². The standard InChI is InChI=1S/C72H75N9O9/c1-73-28-16-52(17-29-73)55-22-34-76(35-23-55)61-10-4-58(5-11-61)64-67(70(88)79(40-46-82)41-47-83)65(59-6-12-62(13-7-59)77-36-24-56(25-37-77)53-18-30-74(2)31-19-53)69(72(90)81(44-50-86)45-51-87)66(68(64)71(89)80(42-48-84)43-49-85)60-8-14-63(15-9-60)78-38-26-57(27-39-78)54-20-32-75(3)33-21-54/h4-39,82-87H,40-51H2,1-3H3/q+6. The molecule has 0 fully saturated rings. The Morgan fingerprint density at radius 2 is 0.444 bits per heavy atom. The first-order valence-corrected chi connectivity index (χ1v) is 29.9. The van der Waals surface area contributed by atoms with E-state index in [1.165, 1.54) is 14.7 Å². The molecule has 456 valence electrons. The van der Waals surface area contributed by atoms with Crippen LogP contribution in [0.15, 0.2) is 220 Å². The van der Waals surface area contributed by atoms with Crippen molar-refractivity contribution in [3.8, 4) is 83.8 Å². The van der Waals surface area contributed by atoms with E-state index < -0.39 is 57.4 Å². The quantitative estimate of drug-likeness (QED) is 0.0478. The first-order valence-electron chi connectivity index (χ1n) is 29.9. The first-order chi connectivity index (χ1) is 43.9. The number of aryl methyl sites for hydroxylation is 3. The summed E-state index contributed by atoms with van der Waals surface area (Å²) >= 11 is 0. The van der Waals surface area contributed by atoms with Gasteiger partial charge in [-0.2, -0.15) is 13.7 Å². The van der Waals surface area contributed by atoms with Crippen LogP contribution in [-0.4, -0.2) is 142 Å². The van der Waals surface area contributed by atoms with E-state index in [1.807, 2.05) is 232 Å². The molecule has 6 aromatic heterocycles. The van der Waals surface area contributed by atoms with Crippen LogP contribution in [0, 0.1) is 0 Å². The molecular weight excluding hydrogens is 1130 g/mol. The fourth-order valence-corrected chi connectivity index (χ4v) is 11.3. The number of pyridine rings is 6. The molecule has 0 aliphatic rings. The van der Waals surface area contributed by atoms with Gasteiger partial charge in [-0.1, -0.05) is 0 Å². The zero-order valence-corrected chi connectivity index (χ0v) is 50.7. The van der Waals surface area contributed by atoms with Gasteiger partial charge in [-0.05, 0) is 86.5 Å². The van der Waals surface area contributed by atoms with Crippen molar-refractivity contribution in [3.05, 3.63) is 237 Å². The second-order valence-corrected chi connectivity index (χ2v) is 21.8. The maximum Gasteiger partial charge on any atom is 0.255 e. The molecular formula is C72H75N9O9+6. The van der Waals surface area contributed by atoms with Crippen LogP contribution in [0.1, 0.15) is 31.1 Å². The summed E-state index contributed by atoms with van der Waals surface area (Å²) < 4.78 is 11.7. The molecule has 0 aliphatic carbocycles. The number of benzene rings is 4. The van der Waals surface area contributed by atoms with E-state index in [2.05, 4.69) is 0 Å². The number of carbonyl (C=O) groups excluding carboxylic acids is 3. The molecule has 0 bridgehead atoms. The largest absolute Gasteiger partial charge is 0.395 e. The van der Waals surface area contributed by atoms with Crippen molar-refractivity contribution < 1.29 is 72.4 Å². The lowest BCUT2D eigenvalue weighted by Gasteiger charge is -2.32. The predicted molar refractivity (Wildman–Crippen MR) is 337 cm³/mol. The van der Waals surface area contributed by atoms with Crippen molar-refractivity contribution in [1.82, 2.24) is 14.7 Å². The number of hydrogen-bond acceptors (Lipinski definition) is 9. The minimum Gasteiger partial charge on any atom is -0.395 e. The van der Waals surface area contributed by atoms with E-state index in [9.17, 15) is 30.6 Å². The number of aliphatic hydroxyl groups is 6. The molecule has 90 heavy (non-hydrogen) atoms. The summed E-state index contributed by atoms with van der Waals surface area (Å²) in [6.45, 7) is -4.55. The van der Waals surface area contributed by atoms with E-state index >= 15 is 14.4 Å². The van der Waals surface area contributed by atoms with Crippen molar-refractivity contribution in [1.29, 1.82) is 0 Å². The number of rotatable bonds is 24. The highest BCUT2D eigenvalue weighted by Crippen LogP contribution is 2.47. The van der Waals surface area contributed by atoms with Gasteiger partial charge in [0, 0.05) is 165 Å². The summed E-state index contributed by atoms with van der Waals surface area (Å²) in [4.78, 5) is 52.6. The van der Waals surface area contributed by atoms with Crippen molar-refractivity contribution in [2.24, 2.45) is 21.1 Å². The highest BCUT2D eigenvalue weighted by Gasteiger charge is 2.39. The molecule has 10 aromatic rings. The Hall–Kier alpha value is -10.1. The molecule has 6 heterocycles. The molecule has 0 saturated carbocycles. The Balaban J connectivity index is 1.28. The summed E-state index contributed by atoms with van der Waals surface area (Å²) in [5, 5.41) is 63.8.